The molecule has 0 unspecified atom stereocenters. The van der Waals surface area contributed by atoms with Crippen molar-refractivity contribution >= 4 is 0 Å². The molecule has 2 aromatic rings. The monoisotopic (exact) mass is 275 g/mol. The number of hydrogen-bond donors (Lipinski definition) is 1. The van der Waals surface area contributed by atoms with Crippen LogP contribution in [0, 0.1) is 6.92 Å². The van der Waals surface area contributed by atoms with Gasteiger partial charge in [0.25, 0.3) is 6.43 Å². The van der Waals surface area contributed by atoms with Crippen LogP contribution in [-0.4, -0.2) is 0 Å². The predicted octanol–water partition coefficient (Wildman–Crippen LogP) is 4.78. The van der Waals surface area contributed by atoms with Gasteiger partial charge in [0.1, 0.15) is 0 Å². The molecule has 1 atom stereocenters. The molecule has 0 amide bonds. The standard InChI is InChI=1S/C17H19F2N/c1-12-4-3-5-16(10-12)13(2)20-11-14-6-8-15(9-7-14)17(18)19/h3-10,13,17,20H,11H2,1-2H3/t13-/m1/s1. The smallest absolute Gasteiger partial charge is 0.263 e. The van der Waals surface area contributed by atoms with Gasteiger partial charge in [-0.1, -0.05) is 54.1 Å². The molecule has 0 heterocycles. The van der Waals surface area contributed by atoms with Crippen LogP contribution in [0.15, 0.2) is 48.5 Å². The summed E-state index contributed by atoms with van der Waals surface area (Å²) >= 11 is 0. The van der Waals surface area contributed by atoms with Crippen molar-refractivity contribution in [2.45, 2.75) is 32.9 Å². The van der Waals surface area contributed by atoms with Gasteiger partial charge in [-0.15, -0.1) is 0 Å². The Balaban J connectivity index is 1.94. The minimum Gasteiger partial charge on any atom is -0.306 e. The lowest BCUT2D eigenvalue weighted by molar-refractivity contribution is 0.151. The van der Waals surface area contributed by atoms with Crippen LogP contribution in [-0.2, 0) is 6.54 Å². The Kier molecular flexibility index (Phi) is 4.85. The van der Waals surface area contributed by atoms with Gasteiger partial charge in [0.15, 0.2) is 0 Å². The highest BCUT2D eigenvalue weighted by Crippen LogP contribution is 2.19. The van der Waals surface area contributed by atoms with E-state index in [1.807, 2.05) is 6.07 Å². The molecular formula is C17H19F2N. The Morgan fingerprint density at radius 1 is 1.00 bits per heavy atom. The van der Waals surface area contributed by atoms with Crippen molar-refractivity contribution in [3.05, 3.63) is 70.8 Å². The third-order valence-electron chi connectivity index (χ3n) is 3.39. The lowest BCUT2D eigenvalue weighted by Gasteiger charge is -2.15. The number of nitrogens with one attached hydrogen (secondary N) is 1. The van der Waals surface area contributed by atoms with Crippen LogP contribution in [0.2, 0.25) is 0 Å². The van der Waals surface area contributed by atoms with Gasteiger partial charge in [-0.2, -0.15) is 0 Å². The molecule has 1 N–H and O–H groups in total. The third-order valence-corrected chi connectivity index (χ3v) is 3.39. The van der Waals surface area contributed by atoms with Crippen LogP contribution in [0.3, 0.4) is 0 Å². The summed E-state index contributed by atoms with van der Waals surface area (Å²) in [5.74, 6) is 0. The molecule has 0 bridgehead atoms. The van der Waals surface area contributed by atoms with Crippen LogP contribution >= 0.6 is 0 Å². The number of rotatable bonds is 5. The Labute approximate surface area is 118 Å². The molecule has 0 aliphatic rings. The van der Waals surface area contributed by atoms with Gasteiger partial charge in [0, 0.05) is 18.2 Å². The first-order valence-electron chi connectivity index (χ1n) is 6.73. The van der Waals surface area contributed by atoms with E-state index in [-0.39, 0.29) is 11.6 Å². The van der Waals surface area contributed by atoms with E-state index in [4.69, 9.17) is 0 Å². The quantitative estimate of drug-likeness (QED) is 0.827. The minimum absolute atomic E-state index is 0.0699. The Morgan fingerprint density at radius 3 is 2.30 bits per heavy atom. The predicted molar refractivity (Wildman–Crippen MR) is 77.8 cm³/mol. The summed E-state index contributed by atoms with van der Waals surface area (Å²) in [7, 11) is 0. The summed E-state index contributed by atoms with van der Waals surface area (Å²) in [6, 6.07) is 15.0. The van der Waals surface area contributed by atoms with Crippen molar-refractivity contribution < 1.29 is 8.78 Å². The van der Waals surface area contributed by atoms with E-state index in [2.05, 4.69) is 37.4 Å². The molecule has 2 aromatic carbocycles. The van der Waals surface area contributed by atoms with Gasteiger partial charge < -0.3 is 5.32 Å². The number of aryl methyl sites for hydroxylation is 1. The van der Waals surface area contributed by atoms with Crippen molar-refractivity contribution in [1.82, 2.24) is 5.32 Å². The molecule has 1 nitrogen and oxygen atoms in total. The molecular weight excluding hydrogens is 256 g/mol. The third kappa shape index (κ3) is 3.87. The Morgan fingerprint density at radius 2 is 1.70 bits per heavy atom. The van der Waals surface area contributed by atoms with E-state index >= 15 is 0 Å². The maximum Gasteiger partial charge on any atom is 0.263 e. The molecule has 0 aliphatic carbocycles. The highest BCUT2D eigenvalue weighted by atomic mass is 19.3. The summed E-state index contributed by atoms with van der Waals surface area (Å²) in [4.78, 5) is 0. The number of alkyl halides is 2. The lowest BCUT2D eigenvalue weighted by Crippen LogP contribution is -2.18. The number of hydrogen-bond acceptors (Lipinski definition) is 1. The average Bonchev–Trinajstić information content (AvgIpc) is 2.45. The number of halogens is 2. The second-order valence-electron chi connectivity index (χ2n) is 5.06. The van der Waals surface area contributed by atoms with Gasteiger partial charge in [0.2, 0.25) is 0 Å². The first kappa shape index (κ1) is 14.7. The molecule has 0 saturated heterocycles. The van der Waals surface area contributed by atoms with E-state index in [0.717, 1.165) is 5.56 Å². The molecule has 0 fully saturated rings. The molecule has 0 aromatic heterocycles. The molecule has 0 saturated carbocycles. The fraction of sp³-hybridized carbons (Fsp3) is 0.294. The van der Waals surface area contributed by atoms with Crippen LogP contribution < -0.4 is 5.32 Å². The van der Waals surface area contributed by atoms with Crippen molar-refractivity contribution in [3.63, 3.8) is 0 Å². The molecule has 20 heavy (non-hydrogen) atoms. The molecule has 2 rings (SSSR count). The van der Waals surface area contributed by atoms with Crippen molar-refractivity contribution in [2.75, 3.05) is 0 Å². The van der Waals surface area contributed by atoms with E-state index in [0.29, 0.717) is 6.54 Å². The maximum atomic E-state index is 12.5. The van der Waals surface area contributed by atoms with Gasteiger partial charge in [-0.05, 0) is 25.0 Å². The molecule has 0 aliphatic heterocycles. The SMILES string of the molecule is Cc1cccc([C@@H](C)NCc2ccc(C(F)F)cc2)c1. The van der Waals surface area contributed by atoms with Gasteiger partial charge in [-0.25, -0.2) is 8.78 Å². The zero-order valence-corrected chi connectivity index (χ0v) is 11.7. The fourth-order valence-corrected chi connectivity index (χ4v) is 2.11. The van der Waals surface area contributed by atoms with Gasteiger partial charge in [-0.3, -0.25) is 0 Å². The molecule has 0 radical (unpaired) electrons. The van der Waals surface area contributed by atoms with Crippen LogP contribution in [0.4, 0.5) is 8.78 Å². The zero-order valence-electron chi connectivity index (χ0n) is 11.7. The fourth-order valence-electron chi connectivity index (χ4n) is 2.11. The number of benzene rings is 2. The van der Waals surface area contributed by atoms with Gasteiger partial charge >= 0.3 is 0 Å². The lowest BCUT2D eigenvalue weighted by atomic mass is 10.1. The summed E-state index contributed by atoms with van der Waals surface area (Å²) in [5.41, 5.74) is 3.54. The Hall–Kier alpha value is -1.74. The average molecular weight is 275 g/mol. The highest BCUT2D eigenvalue weighted by Gasteiger charge is 2.07. The summed E-state index contributed by atoms with van der Waals surface area (Å²) < 4.78 is 24.9. The van der Waals surface area contributed by atoms with E-state index in [1.54, 1.807) is 12.1 Å². The van der Waals surface area contributed by atoms with E-state index in [1.165, 1.54) is 23.3 Å². The highest BCUT2D eigenvalue weighted by molar-refractivity contribution is 5.26. The summed E-state index contributed by atoms with van der Waals surface area (Å²) in [6.45, 7) is 4.83. The topological polar surface area (TPSA) is 12.0 Å². The van der Waals surface area contributed by atoms with Gasteiger partial charge in [0.05, 0.1) is 0 Å². The van der Waals surface area contributed by atoms with Crippen LogP contribution in [0.1, 0.15) is 41.6 Å². The first-order valence-corrected chi connectivity index (χ1v) is 6.73. The molecule has 0 spiro atoms. The summed E-state index contributed by atoms with van der Waals surface area (Å²) in [6.07, 6.45) is -2.40. The zero-order chi connectivity index (χ0) is 14.5. The molecule has 3 heteroatoms. The van der Waals surface area contributed by atoms with Crippen LogP contribution in [0.5, 0.6) is 0 Å². The second kappa shape index (κ2) is 6.62. The van der Waals surface area contributed by atoms with E-state index in [9.17, 15) is 8.78 Å². The maximum absolute atomic E-state index is 12.5. The normalized spacial score (nSPS) is 12.7. The largest absolute Gasteiger partial charge is 0.306 e. The van der Waals surface area contributed by atoms with Crippen LogP contribution in [0.25, 0.3) is 0 Å². The van der Waals surface area contributed by atoms with Crippen molar-refractivity contribution in [2.24, 2.45) is 0 Å². The first-order chi connectivity index (χ1) is 9.56. The summed E-state index contributed by atoms with van der Waals surface area (Å²) in [5, 5.41) is 3.40. The van der Waals surface area contributed by atoms with E-state index < -0.39 is 6.43 Å². The Bertz CT molecular complexity index is 549. The minimum atomic E-state index is -2.40. The van der Waals surface area contributed by atoms with Crippen molar-refractivity contribution in [3.8, 4) is 0 Å². The van der Waals surface area contributed by atoms with Crippen molar-refractivity contribution in [1.29, 1.82) is 0 Å². The second-order valence-corrected chi connectivity index (χ2v) is 5.06. The molecule has 106 valence electrons.